The Balaban J connectivity index is 2.05. The van der Waals surface area contributed by atoms with Crippen LogP contribution in [0.5, 0.6) is 0 Å². The van der Waals surface area contributed by atoms with Crippen molar-refractivity contribution in [2.75, 3.05) is 13.1 Å². The molecular formula is C16H21FN2O5S. The van der Waals surface area contributed by atoms with Crippen LogP contribution in [0.1, 0.15) is 26.2 Å². The van der Waals surface area contributed by atoms with Gasteiger partial charge in [-0.05, 0) is 44.0 Å². The predicted molar refractivity (Wildman–Crippen MR) is 87.7 cm³/mol. The van der Waals surface area contributed by atoms with E-state index < -0.39 is 33.8 Å². The van der Waals surface area contributed by atoms with Crippen molar-refractivity contribution in [2.45, 2.75) is 37.1 Å². The number of piperidine rings is 1. The number of amides is 1. The van der Waals surface area contributed by atoms with Gasteiger partial charge in [-0.1, -0.05) is 0 Å². The van der Waals surface area contributed by atoms with Gasteiger partial charge in [0.05, 0.1) is 17.2 Å². The smallest absolute Gasteiger partial charge is 0.305 e. The van der Waals surface area contributed by atoms with E-state index in [1.807, 2.05) is 0 Å². The van der Waals surface area contributed by atoms with E-state index in [1.54, 1.807) is 6.92 Å². The minimum atomic E-state index is -3.80. The quantitative estimate of drug-likeness (QED) is 0.781. The normalized spacial score (nSPS) is 20.0. The summed E-state index contributed by atoms with van der Waals surface area (Å²) in [4.78, 5) is 22.9. The maximum absolute atomic E-state index is 13.0. The van der Waals surface area contributed by atoms with Crippen LogP contribution in [0.2, 0.25) is 0 Å². The highest BCUT2D eigenvalue weighted by Crippen LogP contribution is 2.24. The lowest BCUT2D eigenvalue weighted by atomic mass is 9.98. The third kappa shape index (κ3) is 4.99. The zero-order valence-electron chi connectivity index (χ0n) is 13.8. The van der Waals surface area contributed by atoms with Crippen molar-refractivity contribution in [1.82, 2.24) is 9.62 Å². The summed E-state index contributed by atoms with van der Waals surface area (Å²) in [6.45, 7) is 1.89. The minimum Gasteiger partial charge on any atom is -0.481 e. The van der Waals surface area contributed by atoms with E-state index in [9.17, 15) is 22.4 Å². The van der Waals surface area contributed by atoms with Gasteiger partial charge < -0.3 is 10.4 Å². The first kappa shape index (κ1) is 19.3. The Bertz CT molecular complexity index is 735. The highest BCUT2D eigenvalue weighted by Gasteiger charge is 2.33. The van der Waals surface area contributed by atoms with E-state index in [2.05, 4.69) is 5.32 Å². The van der Waals surface area contributed by atoms with Gasteiger partial charge in [0.15, 0.2) is 0 Å². The zero-order valence-corrected chi connectivity index (χ0v) is 14.6. The van der Waals surface area contributed by atoms with Crippen molar-refractivity contribution in [3.05, 3.63) is 30.1 Å². The Morgan fingerprint density at radius 2 is 2.00 bits per heavy atom. The van der Waals surface area contributed by atoms with Crippen molar-refractivity contribution in [1.29, 1.82) is 0 Å². The molecule has 25 heavy (non-hydrogen) atoms. The van der Waals surface area contributed by atoms with Gasteiger partial charge in [0.25, 0.3) is 0 Å². The number of carboxylic acid groups (broad SMARTS) is 1. The number of carboxylic acids is 1. The van der Waals surface area contributed by atoms with E-state index in [0.717, 1.165) is 12.1 Å². The fraction of sp³-hybridized carbons (Fsp3) is 0.500. The fourth-order valence-electron chi connectivity index (χ4n) is 2.80. The summed E-state index contributed by atoms with van der Waals surface area (Å²) < 4.78 is 39.5. The number of carbonyl (C=O) groups is 2. The standard InChI is InChI=1S/C16H21FN2O5S/c1-11(9-15(20)21)18-16(22)12-3-2-8-19(10-12)25(23,24)14-6-4-13(17)5-7-14/h4-7,11-12H,2-3,8-10H2,1H3,(H,18,22)(H,20,21). The molecule has 1 aromatic carbocycles. The van der Waals surface area contributed by atoms with Crippen LogP contribution in [0.3, 0.4) is 0 Å². The zero-order chi connectivity index (χ0) is 18.6. The monoisotopic (exact) mass is 372 g/mol. The van der Waals surface area contributed by atoms with Crippen molar-refractivity contribution < 1.29 is 27.5 Å². The van der Waals surface area contributed by atoms with Crippen molar-refractivity contribution in [3.8, 4) is 0 Å². The Morgan fingerprint density at radius 1 is 1.36 bits per heavy atom. The first-order valence-corrected chi connectivity index (χ1v) is 9.42. The van der Waals surface area contributed by atoms with Crippen LogP contribution in [-0.4, -0.2) is 48.8 Å². The van der Waals surface area contributed by atoms with Crippen LogP contribution in [0.25, 0.3) is 0 Å². The fourth-order valence-corrected chi connectivity index (χ4v) is 4.33. The molecule has 2 unspecified atom stereocenters. The van der Waals surface area contributed by atoms with Crippen molar-refractivity contribution in [3.63, 3.8) is 0 Å². The van der Waals surface area contributed by atoms with Crippen molar-refractivity contribution >= 4 is 21.9 Å². The molecule has 0 radical (unpaired) electrons. The number of rotatable bonds is 6. The van der Waals surface area contributed by atoms with E-state index in [1.165, 1.54) is 16.4 Å². The molecule has 1 amide bonds. The molecule has 1 aliphatic rings. The Kier molecular flexibility index (Phi) is 6.12. The van der Waals surface area contributed by atoms with Crippen LogP contribution in [0, 0.1) is 11.7 Å². The average molecular weight is 372 g/mol. The highest BCUT2D eigenvalue weighted by atomic mass is 32.2. The molecule has 0 aromatic heterocycles. The van der Waals surface area contributed by atoms with E-state index in [0.29, 0.717) is 12.8 Å². The van der Waals surface area contributed by atoms with Gasteiger partial charge in [-0.25, -0.2) is 12.8 Å². The molecule has 9 heteroatoms. The Morgan fingerprint density at radius 3 is 2.60 bits per heavy atom. The third-order valence-corrected chi connectivity index (χ3v) is 5.96. The molecule has 0 aliphatic carbocycles. The molecule has 1 heterocycles. The number of sulfonamides is 1. The molecule has 1 fully saturated rings. The molecule has 2 rings (SSSR count). The summed E-state index contributed by atoms with van der Waals surface area (Å²) in [6.07, 6.45) is 0.850. The number of halogens is 1. The van der Waals surface area contributed by atoms with E-state index in [4.69, 9.17) is 5.11 Å². The van der Waals surface area contributed by atoms with Gasteiger partial charge in [0.2, 0.25) is 15.9 Å². The van der Waals surface area contributed by atoms with Crippen LogP contribution >= 0.6 is 0 Å². The summed E-state index contributed by atoms with van der Waals surface area (Å²) in [5.41, 5.74) is 0. The summed E-state index contributed by atoms with van der Waals surface area (Å²) >= 11 is 0. The minimum absolute atomic E-state index is 0.0192. The largest absolute Gasteiger partial charge is 0.481 e. The first-order chi connectivity index (χ1) is 11.7. The van der Waals surface area contributed by atoms with Gasteiger partial charge >= 0.3 is 5.97 Å². The lowest BCUT2D eigenvalue weighted by Gasteiger charge is -2.31. The molecule has 2 atom stereocenters. The molecule has 1 aliphatic heterocycles. The van der Waals surface area contributed by atoms with Gasteiger partial charge in [0.1, 0.15) is 5.82 Å². The Labute approximate surface area is 145 Å². The second kappa shape index (κ2) is 7.92. The van der Waals surface area contributed by atoms with Crippen LogP contribution in [0.4, 0.5) is 4.39 Å². The molecule has 7 nitrogen and oxygen atoms in total. The topological polar surface area (TPSA) is 104 Å². The molecule has 0 spiro atoms. The number of hydrogen-bond donors (Lipinski definition) is 2. The first-order valence-electron chi connectivity index (χ1n) is 7.98. The maximum Gasteiger partial charge on any atom is 0.305 e. The summed E-state index contributed by atoms with van der Waals surface area (Å²) in [7, 11) is -3.80. The van der Waals surface area contributed by atoms with E-state index >= 15 is 0 Å². The third-order valence-electron chi connectivity index (χ3n) is 4.08. The van der Waals surface area contributed by atoms with E-state index in [-0.39, 0.29) is 30.3 Å². The van der Waals surface area contributed by atoms with Crippen LogP contribution in [0.15, 0.2) is 29.2 Å². The van der Waals surface area contributed by atoms with Crippen molar-refractivity contribution in [2.24, 2.45) is 5.92 Å². The number of carbonyl (C=O) groups excluding carboxylic acids is 1. The SMILES string of the molecule is CC(CC(=O)O)NC(=O)C1CCCN(S(=O)(=O)c2ccc(F)cc2)C1. The molecule has 1 aromatic rings. The van der Waals surface area contributed by atoms with Crippen LogP contribution < -0.4 is 5.32 Å². The molecule has 0 saturated carbocycles. The average Bonchev–Trinajstić information content (AvgIpc) is 2.54. The maximum atomic E-state index is 13.0. The number of aliphatic carboxylic acids is 1. The molecule has 2 N–H and O–H groups in total. The van der Waals surface area contributed by atoms with Crippen LogP contribution in [-0.2, 0) is 19.6 Å². The summed E-state index contributed by atoms with van der Waals surface area (Å²) in [5, 5.41) is 11.3. The van der Waals surface area contributed by atoms with Gasteiger partial charge in [-0.3, -0.25) is 9.59 Å². The predicted octanol–water partition coefficient (Wildman–Crippen LogP) is 1.21. The number of hydrogen-bond acceptors (Lipinski definition) is 4. The second-order valence-electron chi connectivity index (χ2n) is 6.16. The molecule has 0 bridgehead atoms. The van der Waals surface area contributed by atoms with Gasteiger partial charge in [-0.15, -0.1) is 0 Å². The summed E-state index contributed by atoms with van der Waals surface area (Å²) in [6, 6.07) is 4.02. The highest BCUT2D eigenvalue weighted by molar-refractivity contribution is 7.89. The summed E-state index contributed by atoms with van der Waals surface area (Å²) in [5.74, 6) is -2.44. The lowest BCUT2D eigenvalue weighted by Crippen LogP contribution is -2.47. The molecular weight excluding hydrogens is 351 g/mol. The second-order valence-corrected chi connectivity index (χ2v) is 8.10. The molecule has 1 saturated heterocycles. The van der Waals surface area contributed by atoms with Gasteiger partial charge in [0, 0.05) is 19.1 Å². The Hall–Kier alpha value is -2.00. The number of nitrogens with one attached hydrogen (secondary N) is 1. The number of nitrogens with zero attached hydrogens (tertiary/aromatic N) is 1. The number of benzene rings is 1. The van der Waals surface area contributed by atoms with Gasteiger partial charge in [-0.2, -0.15) is 4.31 Å². The lowest BCUT2D eigenvalue weighted by molar-refractivity contribution is -0.137. The molecule has 138 valence electrons.